The van der Waals surface area contributed by atoms with Crippen molar-refractivity contribution in [3.05, 3.63) is 52.5 Å². The van der Waals surface area contributed by atoms with Crippen molar-refractivity contribution in [1.29, 1.82) is 0 Å². The van der Waals surface area contributed by atoms with Crippen molar-refractivity contribution in [1.82, 2.24) is 19.6 Å². The van der Waals surface area contributed by atoms with E-state index in [0.29, 0.717) is 6.54 Å². The van der Waals surface area contributed by atoms with E-state index in [1.165, 1.54) is 0 Å². The summed E-state index contributed by atoms with van der Waals surface area (Å²) in [6.45, 7) is 7.15. The van der Waals surface area contributed by atoms with Gasteiger partial charge in [0, 0.05) is 30.4 Å². The lowest BCUT2D eigenvalue weighted by atomic mass is 9.92. The second-order valence-electron chi connectivity index (χ2n) is 6.22. The molecule has 0 aliphatic rings. The molecule has 3 aromatic rings. The van der Waals surface area contributed by atoms with Gasteiger partial charge < -0.3 is 5.32 Å². The van der Waals surface area contributed by atoms with Crippen molar-refractivity contribution >= 4 is 27.4 Å². The van der Waals surface area contributed by atoms with E-state index in [1.54, 1.807) is 12.4 Å². The van der Waals surface area contributed by atoms with Crippen LogP contribution < -0.4 is 5.32 Å². The first-order chi connectivity index (χ1) is 10.4. The number of hydrogen-bond donors (Lipinski definition) is 1. The fraction of sp³-hybridized carbons (Fsp3) is 0.312. The zero-order chi connectivity index (χ0) is 15.7. The van der Waals surface area contributed by atoms with E-state index in [2.05, 4.69) is 58.2 Å². The van der Waals surface area contributed by atoms with Crippen LogP contribution in [0.25, 0.3) is 5.65 Å². The Morgan fingerprint density at radius 1 is 1.27 bits per heavy atom. The largest absolute Gasteiger partial charge is 0.366 e. The fourth-order valence-corrected chi connectivity index (χ4v) is 2.49. The summed E-state index contributed by atoms with van der Waals surface area (Å²) >= 11 is 3.51. The Balaban J connectivity index is 2.00. The lowest BCUT2D eigenvalue weighted by Gasteiger charge is -2.19. The SMILES string of the molecule is CC(C)(C)c1cc(NCc2cccnc2)n2ncc(Br)c2n1. The summed E-state index contributed by atoms with van der Waals surface area (Å²) in [6, 6.07) is 6.04. The van der Waals surface area contributed by atoms with Crippen molar-refractivity contribution in [3.63, 3.8) is 0 Å². The van der Waals surface area contributed by atoms with E-state index in [-0.39, 0.29) is 5.41 Å². The third-order valence-electron chi connectivity index (χ3n) is 3.39. The van der Waals surface area contributed by atoms with Crippen LogP contribution in [0.15, 0.2) is 41.3 Å². The van der Waals surface area contributed by atoms with E-state index in [9.17, 15) is 0 Å². The summed E-state index contributed by atoms with van der Waals surface area (Å²) < 4.78 is 2.71. The van der Waals surface area contributed by atoms with E-state index in [0.717, 1.165) is 27.2 Å². The highest BCUT2D eigenvalue weighted by atomic mass is 79.9. The van der Waals surface area contributed by atoms with Crippen LogP contribution in [-0.4, -0.2) is 19.6 Å². The van der Waals surface area contributed by atoms with E-state index in [1.807, 2.05) is 22.8 Å². The standard InChI is InChI=1S/C16H18BrN5/c1-16(2,3)13-7-14(19-9-11-5-4-6-18-8-11)22-15(21-13)12(17)10-20-22/h4-8,10,19H,9H2,1-3H3. The number of nitrogens with one attached hydrogen (secondary N) is 1. The van der Waals surface area contributed by atoms with Crippen LogP contribution in [0.3, 0.4) is 0 Å². The predicted octanol–water partition coefficient (Wildman–Crippen LogP) is 3.80. The Morgan fingerprint density at radius 2 is 2.09 bits per heavy atom. The van der Waals surface area contributed by atoms with E-state index in [4.69, 9.17) is 4.98 Å². The molecule has 3 aromatic heterocycles. The minimum Gasteiger partial charge on any atom is -0.366 e. The molecular weight excluding hydrogens is 342 g/mol. The van der Waals surface area contributed by atoms with Gasteiger partial charge in [-0.15, -0.1) is 0 Å². The van der Waals surface area contributed by atoms with Gasteiger partial charge >= 0.3 is 0 Å². The molecule has 0 radical (unpaired) electrons. The first kappa shape index (κ1) is 15.0. The van der Waals surface area contributed by atoms with Gasteiger partial charge in [-0.3, -0.25) is 4.98 Å². The number of aromatic nitrogens is 4. The number of halogens is 1. The van der Waals surface area contributed by atoms with Crippen molar-refractivity contribution in [2.45, 2.75) is 32.7 Å². The molecule has 0 aliphatic heterocycles. The van der Waals surface area contributed by atoms with Crippen LogP contribution in [0.2, 0.25) is 0 Å². The molecule has 6 heteroatoms. The van der Waals surface area contributed by atoms with Gasteiger partial charge in [0.15, 0.2) is 5.65 Å². The third-order valence-corrected chi connectivity index (χ3v) is 3.95. The quantitative estimate of drug-likeness (QED) is 0.772. The molecule has 0 amide bonds. The lowest BCUT2D eigenvalue weighted by Crippen LogP contribution is -2.16. The molecule has 5 nitrogen and oxygen atoms in total. The molecule has 0 aromatic carbocycles. The summed E-state index contributed by atoms with van der Waals surface area (Å²) in [5.41, 5.74) is 2.93. The maximum atomic E-state index is 4.72. The molecule has 3 rings (SSSR count). The zero-order valence-electron chi connectivity index (χ0n) is 12.8. The summed E-state index contributed by atoms with van der Waals surface area (Å²) in [5, 5.41) is 7.81. The molecule has 0 saturated heterocycles. The first-order valence-electron chi connectivity index (χ1n) is 7.13. The molecule has 114 valence electrons. The normalized spacial score (nSPS) is 11.8. The van der Waals surface area contributed by atoms with Gasteiger partial charge in [0.05, 0.1) is 16.4 Å². The molecule has 0 fully saturated rings. The molecule has 1 N–H and O–H groups in total. The fourth-order valence-electron chi connectivity index (χ4n) is 2.14. The van der Waals surface area contributed by atoms with Crippen molar-refractivity contribution in [3.8, 4) is 0 Å². The van der Waals surface area contributed by atoms with Crippen molar-refractivity contribution in [2.24, 2.45) is 0 Å². The first-order valence-corrected chi connectivity index (χ1v) is 7.92. The Kier molecular flexibility index (Phi) is 3.87. The summed E-state index contributed by atoms with van der Waals surface area (Å²) in [7, 11) is 0. The predicted molar refractivity (Wildman–Crippen MR) is 91.0 cm³/mol. The highest BCUT2D eigenvalue weighted by Gasteiger charge is 2.19. The Morgan fingerprint density at radius 3 is 2.77 bits per heavy atom. The van der Waals surface area contributed by atoms with Crippen LogP contribution in [0, 0.1) is 0 Å². The third kappa shape index (κ3) is 2.97. The smallest absolute Gasteiger partial charge is 0.171 e. The average Bonchev–Trinajstić information content (AvgIpc) is 2.87. The van der Waals surface area contributed by atoms with Crippen molar-refractivity contribution < 1.29 is 0 Å². The van der Waals surface area contributed by atoms with Gasteiger partial charge in [-0.05, 0) is 27.6 Å². The number of nitrogens with zero attached hydrogens (tertiary/aromatic N) is 4. The van der Waals surface area contributed by atoms with Gasteiger partial charge in [-0.1, -0.05) is 26.8 Å². The average molecular weight is 360 g/mol. The molecule has 0 aliphatic carbocycles. The molecular formula is C16H18BrN5. The summed E-state index contributed by atoms with van der Waals surface area (Å²) in [6.07, 6.45) is 5.40. The van der Waals surface area contributed by atoms with Gasteiger partial charge in [0.1, 0.15) is 5.82 Å². The minimum absolute atomic E-state index is 0.0316. The molecule has 0 atom stereocenters. The van der Waals surface area contributed by atoms with Crippen molar-refractivity contribution in [2.75, 3.05) is 5.32 Å². The van der Waals surface area contributed by atoms with Crippen LogP contribution >= 0.6 is 15.9 Å². The summed E-state index contributed by atoms with van der Waals surface area (Å²) in [4.78, 5) is 8.86. The highest BCUT2D eigenvalue weighted by molar-refractivity contribution is 9.10. The molecule has 0 spiro atoms. The van der Waals surface area contributed by atoms with E-state index >= 15 is 0 Å². The minimum atomic E-state index is -0.0316. The Hall–Kier alpha value is -1.95. The second kappa shape index (κ2) is 5.68. The lowest BCUT2D eigenvalue weighted by molar-refractivity contribution is 0.568. The zero-order valence-corrected chi connectivity index (χ0v) is 14.4. The number of anilines is 1. The number of rotatable bonds is 3. The Bertz CT molecular complexity index is 789. The van der Waals surface area contributed by atoms with Crippen LogP contribution in [0.5, 0.6) is 0 Å². The van der Waals surface area contributed by atoms with E-state index < -0.39 is 0 Å². The molecule has 0 saturated carbocycles. The van der Waals surface area contributed by atoms with Gasteiger partial charge in [-0.25, -0.2) is 4.98 Å². The van der Waals surface area contributed by atoms with Crippen LogP contribution in [0.1, 0.15) is 32.0 Å². The topological polar surface area (TPSA) is 55.1 Å². The maximum absolute atomic E-state index is 4.72. The van der Waals surface area contributed by atoms with Gasteiger partial charge in [0.25, 0.3) is 0 Å². The molecule has 3 heterocycles. The molecule has 0 bridgehead atoms. The highest BCUT2D eigenvalue weighted by Crippen LogP contribution is 2.27. The summed E-state index contributed by atoms with van der Waals surface area (Å²) in [5.74, 6) is 0.921. The van der Waals surface area contributed by atoms with Crippen LogP contribution in [0.4, 0.5) is 5.82 Å². The molecule has 22 heavy (non-hydrogen) atoms. The number of pyridine rings is 1. The molecule has 0 unspecified atom stereocenters. The second-order valence-corrected chi connectivity index (χ2v) is 7.07. The van der Waals surface area contributed by atoms with Crippen LogP contribution in [-0.2, 0) is 12.0 Å². The maximum Gasteiger partial charge on any atom is 0.171 e. The van der Waals surface area contributed by atoms with Gasteiger partial charge in [0.2, 0.25) is 0 Å². The number of fused-ring (bicyclic) bond motifs is 1. The number of hydrogen-bond acceptors (Lipinski definition) is 4. The Labute approximate surface area is 137 Å². The monoisotopic (exact) mass is 359 g/mol. The van der Waals surface area contributed by atoms with Gasteiger partial charge in [-0.2, -0.15) is 9.61 Å².